The summed E-state index contributed by atoms with van der Waals surface area (Å²) in [4.78, 5) is 14.4. The first-order valence-corrected chi connectivity index (χ1v) is 8.03. The second-order valence-electron chi connectivity index (χ2n) is 5.81. The molecule has 1 saturated heterocycles. The summed E-state index contributed by atoms with van der Waals surface area (Å²) < 4.78 is 0. The van der Waals surface area contributed by atoms with Crippen LogP contribution in [0.2, 0.25) is 0 Å². The first kappa shape index (κ1) is 16.0. The Bertz CT molecular complexity index is 421. The summed E-state index contributed by atoms with van der Waals surface area (Å²) in [5.41, 5.74) is 6.82. The van der Waals surface area contributed by atoms with E-state index >= 15 is 0 Å². The normalized spacial score (nSPS) is 19.4. The smallest absolute Gasteiger partial charge is 0.224 e. The second-order valence-corrected chi connectivity index (χ2v) is 5.81. The number of amides is 1. The summed E-state index contributed by atoms with van der Waals surface area (Å²) >= 11 is 0. The minimum atomic E-state index is 0.141. The van der Waals surface area contributed by atoms with Crippen molar-refractivity contribution in [3.8, 4) is 0 Å². The van der Waals surface area contributed by atoms with Crippen molar-refractivity contribution in [2.24, 2.45) is 11.7 Å². The van der Waals surface area contributed by atoms with Crippen LogP contribution in [0.3, 0.4) is 0 Å². The molecule has 4 nitrogen and oxygen atoms in total. The number of hydrogen-bond acceptors (Lipinski definition) is 3. The van der Waals surface area contributed by atoms with Gasteiger partial charge in [-0.05, 0) is 44.3 Å². The molecule has 2 rings (SSSR count). The molecule has 1 aliphatic rings. The predicted octanol–water partition coefficient (Wildman–Crippen LogP) is 1.41. The van der Waals surface area contributed by atoms with Crippen molar-refractivity contribution in [3.63, 3.8) is 0 Å². The van der Waals surface area contributed by atoms with E-state index in [1.165, 1.54) is 5.56 Å². The van der Waals surface area contributed by atoms with Gasteiger partial charge in [0.05, 0.1) is 5.92 Å². The summed E-state index contributed by atoms with van der Waals surface area (Å²) in [6, 6.07) is 10.6. The number of piperidine rings is 1. The number of nitrogens with zero attached hydrogens (tertiary/aromatic N) is 1. The summed E-state index contributed by atoms with van der Waals surface area (Å²) in [6.45, 7) is 4.19. The lowest BCUT2D eigenvalue weighted by molar-refractivity contribution is -0.126. The lowest BCUT2D eigenvalue weighted by Gasteiger charge is -2.32. The van der Waals surface area contributed by atoms with Crippen LogP contribution >= 0.6 is 0 Å². The molecule has 21 heavy (non-hydrogen) atoms. The van der Waals surface area contributed by atoms with Gasteiger partial charge in [0.2, 0.25) is 5.91 Å². The van der Waals surface area contributed by atoms with Gasteiger partial charge in [0.15, 0.2) is 0 Å². The minimum absolute atomic E-state index is 0.141. The van der Waals surface area contributed by atoms with E-state index in [1.54, 1.807) is 0 Å². The monoisotopic (exact) mass is 289 g/mol. The molecule has 3 N–H and O–H groups in total. The summed E-state index contributed by atoms with van der Waals surface area (Å²) in [5.74, 6) is 0.315. The van der Waals surface area contributed by atoms with Gasteiger partial charge in [-0.15, -0.1) is 0 Å². The van der Waals surface area contributed by atoms with E-state index in [0.717, 1.165) is 45.3 Å². The van der Waals surface area contributed by atoms with Crippen LogP contribution in [0.4, 0.5) is 0 Å². The van der Waals surface area contributed by atoms with Gasteiger partial charge < -0.3 is 16.0 Å². The second kappa shape index (κ2) is 8.80. The molecule has 1 aliphatic heterocycles. The third-order valence-electron chi connectivity index (χ3n) is 4.10. The fourth-order valence-electron chi connectivity index (χ4n) is 2.96. The van der Waals surface area contributed by atoms with E-state index in [2.05, 4.69) is 40.5 Å². The molecule has 1 aromatic rings. The van der Waals surface area contributed by atoms with Crippen LogP contribution in [0.25, 0.3) is 0 Å². The van der Waals surface area contributed by atoms with Crippen LogP contribution in [0.15, 0.2) is 30.3 Å². The highest BCUT2D eigenvalue weighted by Gasteiger charge is 2.24. The Balaban J connectivity index is 1.70. The molecule has 0 spiro atoms. The van der Waals surface area contributed by atoms with Crippen LogP contribution in [0, 0.1) is 5.92 Å². The number of rotatable bonds is 7. The zero-order chi connectivity index (χ0) is 14.9. The van der Waals surface area contributed by atoms with E-state index in [-0.39, 0.29) is 11.8 Å². The Morgan fingerprint density at radius 1 is 1.33 bits per heavy atom. The Morgan fingerprint density at radius 3 is 2.90 bits per heavy atom. The molecule has 4 heteroatoms. The molecule has 0 radical (unpaired) electrons. The summed E-state index contributed by atoms with van der Waals surface area (Å²) in [6.07, 6.45) is 4.39. The van der Waals surface area contributed by atoms with E-state index in [1.807, 2.05) is 0 Å². The molecule has 1 unspecified atom stereocenters. The topological polar surface area (TPSA) is 58.4 Å². The molecule has 116 valence electrons. The van der Waals surface area contributed by atoms with Crippen LogP contribution in [0.5, 0.6) is 0 Å². The molecule has 1 amide bonds. The number of nitrogens with one attached hydrogen (secondary N) is 1. The molecule has 0 bridgehead atoms. The number of hydrogen-bond donors (Lipinski definition) is 2. The van der Waals surface area contributed by atoms with Crippen molar-refractivity contribution >= 4 is 5.91 Å². The van der Waals surface area contributed by atoms with E-state index < -0.39 is 0 Å². The molecule has 0 aromatic heterocycles. The maximum absolute atomic E-state index is 12.0. The average Bonchev–Trinajstić information content (AvgIpc) is 2.54. The number of carbonyl (C=O) groups is 1. The zero-order valence-electron chi connectivity index (χ0n) is 12.8. The van der Waals surface area contributed by atoms with Crippen molar-refractivity contribution in [1.29, 1.82) is 0 Å². The van der Waals surface area contributed by atoms with Gasteiger partial charge in [-0.2, -0.15) is 0 Å². The lowest BCUT2D eigenvalue weighted by Crippen LogP contribution is -2.44. The maximum Gasteiger partial charge on any atom is 0.224 e. The van der Waals surface area contributed by atoms with Gasteiger partial charge >= 0.3 is 0 Å². The predicted molar refractivity (Wildman–Crippen MR) is 86.0 cm³/mol. The van der Waals surface area contributed by atoms with Gasteiger partial charge in [0.1, 0.15) is 0 Å². The summed E-state index contributed by atoms with van der Waals surface area (Å²) in [5, 5.41) is 2.91. The quantitative estimate of drug-likeness (QED) is 0.798. The van der Waals surface area contributed by atoms with Crippen LogP contribution in [0.1, 0.15) is 24.8 Å². The van der Waals surface area contributed by atoms with Crippen molar-refractivity contribution < 1.29 is 4.79 Å². The number of benzene rings is 1. The van der Waals surface area contributed by atoms with Gasteiger partial charge in [0, 0.05) is 19.6 Å². The van der Waals surface area contributed by atoms with E-state index in [0.29, 0.717) is 13.1 Å². The van der Waals surface area contributed by atoms with Crippen molar-refractivity contribution in [2.45, 2.75) is 25.7 Å². The molecule has 1 fully saturated rings. The maximum atomic E-state index is 12.0. The Kier molecular flexibility index (Phi) is 6.70. The molecular weight excluding hydrogens is 262 g/mol. The third-order valence-corrected chi connectivity index (χ3v) is 4.10. The van der Waals surface area contributed by atoms with Gasteiger partial charge in [0.25, 0.3) is 0 Å². The van der Waals surface area contributed by atoms with Crippen LogP contribution < -0.4 is 11.1 Å². The Morgan fingerprint density at radius 2 is 2.14 bits per heavy atom. The largest absolute Gasteiger partial charge is 0.355 e. The molecular formula is C17H27N3O. The highest BCUT2D eigenvalue weighted by atomic mass is 16.1. The van der Waals surface area contributed by atoms with Crippen molar-refractivity contribution in [1.82, 2.24) is 10.2 Å². The average molecular weight is 289 g/mol. The minimum Gasteiger partial charge on any atom is -0.355 e. The van der Waals surface area contributed by atoms with Gasteiger partial charge in [-0.3, -0.25) is 4.79 Å². The fourth-order valence-corrected chi connectivity index (χ4v) is 2.96. The summed E-state index contributed by atoms with van der Waals surface area (Å²) in [7, 11) is 0. The Labute approximate surface area is 127 Å². The lowest BCUT2D eigenvalue weighted by atomic mass is 9.96. The standard InChI is InChI=1S/C17H27N3O/c18-10-11-19-17(21)16-9-5-13-20(14-16)12-4-8-15-6-2-1-3-7-15/h1-3,6-7,16H,4-5,8-14,18H2,(H,19,21). The van der Waals surface area contributed by atoms with Crippen molar-refractivity contribution in [2.75, 3.05) is 32.7 Å². The van der Waals surface area contributed by atoms with E-state index in [9.17, 15) is 4.79 Å². The first-order valence-electron chi connectivity index (χ1n) is 8.03. The molecule has 1 aromatic carbocycles. The zero-order valence-corrected chi connectivity index (χ0v) is 12.8. The highest BCUT2D eigenvalue weighted by Crippen LogP contribution is 2.17. The SMILES string of the molecule is NCCNC(=O)C1CCCN(CCCc2ccccc2)C1. The van der Waals surface area contributed by atoms with E-state index in [4.69, 9.17) is 5.73 Å². The first-order chi connectivity index (χ1) is 10.3. The van der Waals surface area contributed by atoms with Gasteiger partial charge in [-0.25, -0.2) is 0 Å². The van der Waals surface area contributed by atoms with Crippen LogP contribution in [-0.4, -0.2) is 43.5 Å². The number of aryl methyl sites for hydroxylation is 1. The Hall–Kier alpha value is -1.39. The fraction of sp³-hybridized carbons (Fsp3) is 0.588. The molecule has 1 heterocycles. The molecule has 0 aliphatic carbocycles. The number of nitrogens with two attached hydrogens (primary N) is 1. The van der Waals surface area contributed by atoms with Crippen molar-refractivity contribution in [3.05, 3.63) is 35.9 Å². The molecule has 1 atom stereocenters. The third kappa shape index (κ3) is 5.48. The van der Waals surface area contributed by atoms with Crippen LogP contribution in [-0.2, 0) is 11.2 Å². The molecule has 0 saturated carbocycles. The number of likely N-dealkylation sites (tertiary alicyclic amines) is 1. The van der Waals surface area contributed by atoms with Gasteiger partial charge in [-0.1, -0.05) is 30.3 Å². The number of carbonyl (C=O) groups excluding carboxylic acids is 1. The highest BCUT2D eigenvalue weighted by molar-refractivity contribution is 5.78.